The van der Waals surface area contributed by atoms with Gasteiger partial charge in [-0.25, -0.2) is 0 Å². The molecule has 0 unspecified atom stereocenters. The van der Waals surface area contributed by atoms with Crippen molar-refractivity contribution in [1.29, 1.82) is 0 Å². The zero-order valence-corrected chi connectivity index (χ0v) is 18.9. The molecule has 1 saturated carbocycles. The molecule has 1 spiro atoms. The number of hydrogen-bond donors (Lipinski definition) is 2. The summed E-state index contributed by atoms with van der Waals surface area (Å²) in [6.45, 7) is 2.30. The second-order valence-corrected chi connectivity index (χ2v) is 7.82. The Kier molecular flexibility index (Phi) is 8.64. The molecule has 3 atom stereocenters. The number of hydrogen-bond acceptors (Lipinski definition) is 3. The second-order valence-electron chi connectivity index (χ2n) is 7.82. The molecule has 2 aliphatic carbocycles. The van der Waals surface area contributed by atoms with Crippen LogP contribution < -0.4 is 34.3 Å². The SMILES string of the molecule is CC#C[C@@H](CC(=O)O)c1ccc(OCC2=C[C@]3(CCC2)CC[C@H](O)C3)cc1.[H-].[Na+]. The Bertz CT molecular complexity index is 765. The van der Waals surface area contributed by atoms with Crippen molar-refractivity contribution >= 4 is 5.97 Å². The summed E-state index contributed by atoms with van der Waals surface area (Å²) in [6.07, 6.45) is 8.47. The predicted molar refractivity (Wildman–Crippen MR) is 106 cm³/mol. The number of benzene rings is 1. The van der Waals surface area contributed by atoms with Gasteiger partial charge in [-0.1, -0.05) is 24.1 Å². The molecule has 0 radical (unpaired) electrons. The van der Waals surface area contributed by atoms with Crippen LogP contribution >= 0.6 is 0 Å². The average Bonchev–Trinajstić information content (AvgIpc) is 2.99. The predicted octanol–water partition coefficient (Wildman–Crippen LogP) is 1.41. The fraction of sp³-hybridized carbons (Fsp3) is 0.522. The minimum Gasteiger partial charge on any atom is -1.00 e. The Morgan fingerprint density at radius 3 is 2.71 bits per heavy atom. The Morgan fingerprint density at radius 2 is 2.11 bits per heavy atom. The van der Waals surface area contributed by atoms with E-state index in [1.807, 2.05) is 24.3 Å². The summed E-state index contributed by atoms with van der Waals surface area (Å²) >= 11 is 0. The number of carbonyl (C=O) groups is 1. The molecule has 0 heterocycles. The molecule has 2 N–H and O–H groups in total. The minimum atomic E-state index is -0.849. The van der Waals surface area contributed by atoms with Crippen LogP contribution in [0.5, 0.6) is 5.75 Å². The van der Waals surface area contributed by atoms with E-state index in [2.05, 4.69) is 17.9 Å². The maximum Gasteiger partial charge on any atom is 1.00 e. The van der Waals surface area contributed by atoms with Crippen LogP contribution in [0.3, 0.4) is 0 Å². The molecular formula is C23H29NaO4. The number of rotatable bonds is 6. The van der Waals surface area contributed by atoms with Crippen molar-refractivity contribution in [2.24, 2.45) is 5.41 Å². The fourth-order valence-corrected chi connectivity index (χ4v) is 4.42. The molecule has 0 bridgehead atoms. The first-order valence-corrected chi connectivity index (χ1v) is 9.75. The van der Waals surface area contributed by atoms with Gasteiger partial charge < -0.3 is 16.4 Å². The summed E-state index contributed by atoms with van der Waals surface area (Å²) in [5.41, 5.74) is 2.40. The van der Waals surface area contributed by atoms with E-state index in [4.69, 9.17) is 9.84 Å². The molecule has 0 amide bonds. The maximum absolute atomic E-state index is 11.0. The van der Waals surface area contributed by atoms with Crippen molar-refractivity contribution in [2.45, 2.75) is 63.9 Å². The van der Waals surface area contributed by atoms with E-state index >= 15 is 0 Å². The smallest absolute Gasteiger partial charge is 1.00 e. The second kappa shape index (κ2) is 10.5. The monoisotopic (exact) mass is 392 g/mol. The third-order valence-electron chi connectivity index (χ3n) is 5.70. The van der Waals surface area contributed by atoms with Crippen molar-refractivity contribution in [3.05, 3.63) is 41.5 Å². The zero-order valence-electron chi connectivity index (χ0n) is 17.9. The Balaban J connectivity index is 0.00000210. The average molecular weight is 392 g/mol. The molecule has 2 aliphatic rings. The van der Waals surface area contributed by atoms with Crippen LogP contribution in [0, 0.1) is 17.3 Å². The van der Waals surface area contributed by atoms with E-state index in [1.54, 1.807) is 6.92 Å². The van der Waals surface area contributed by atoms with E-state index in [-0.39, 0.29) is 54.8 Å². The van der Waals surface area contributed by atoms with Crippen molar-refractivity contribution in [1.82, 2.24) is 0 Å². The van der Waals surface area contributed by atoms with Gasteiger partial charge in [-0.3, -0.25) is 4.79 Å². The summed E-state index contributed by atoms with van der Waals surface area (Å²) in [5, 5.41) is 18.9. The first-order valence-electron chi connectivity index (χ1n) is 9.75. The van der Waals surface area contributed by atoms with Gasteiger partial charge in [-0.2, -0.15) is 0 Å². The Morgan fingerprint density at radius 1 is 1.36 bits per heavy atom. The minimum absolute atomic E-state index is 0. The Labute approximate surface area is 191 Å². The number of aliphatic hydroxyl groups is 1. The molecule has 1 aromatic rings. The van der Waals surface area contributed by atoms with E-state index in [9.17, 15) is 9.90 Å². The van der Waals surface area contributed by atoms with Gasteiger partial charge in [0, 0.05) is 0 Å². The quantitative estimate of drug-likeness (QED) is 0.436. The van der Waals surface area contributed by atoms with Crippen LogP contribution in [0.25, 0.3) is 0 Å². The Hall–Kier alpha value is -1.25. The van der Waals surface area contributed by atoms with Crippen molar-refractivity contribution in [3.8, 4) is 17.6 Å². The number of aliphatic hydroxyl groups excluding tert-OH is 1. The summed E-state index contributed by atoms with van der Waals surface area (Å²) in [7, 11) is 0. The molecule has 4 nitrogen and oxygen atoms in total. The number of aliphatic carboxylic acids is 1. The zero-order chi connectivity index (χ0) is 19.3. The van der Waals surface area contributed by atoms with Crippen LogP contribution in [0.15, 0.2) is 35.9 Å². The first-order chi connectivity index (χ1) is 13.0. The van der Waals surface area contributed by atoms with Crippen molar-refractivity contribution in [2.75, 3.05) is 6.61 Å². The maximum atomic E-state index is 11.0. The third-order valence-corrected chi connectivity index (χ3v) is 5.70. The van der Waals surface area contributed by atoms with Gasteiger partial charge in [0.15, 0.2) is 0 Å². The molecule has 146 valence electrons. The van der Waals surface area contributed by atoms with E-state index < -0.39 is 5.97 Å². The van der Waals surface area contributed by atoms with Crippen LogP contribution in [0.2, 0.25) is 0 Å². The van der Waals surface area contributed by atoms with Gasteiger partial charge >= 0.3 is 35.5 Å². The molecule has 1 aromatic carbocycles. The van der Waals surface area contributed by atoms with Gasteiger partial charge in [-0.05, 0) is 74.1 Å². The molecule has 0 aliphatic heterocycles. The largest absolute Gasteiger partial charge is 1.00 e. The van der Waals surface area contributed by atoms with Crippen LogP contribution in [-0.2, 0) is 4.79 Å². The fourth-order valence-electron chi connectivity index (χ4n) is 4.42. The number of allylic oxidation sites excluding steroid dienone is 1. The van der Waals surface area contributed by atoms with Crippen molar-refractivity contribution in [3.63, 3.8) is 0 Å². The summed E-state index contributed by atoms with van der Waals surface area (Å²) in [5.74, 6) is 5.41. The standard InChI is InChI=1S/C23H28O4.Na.H/c1-2-4-19(13-22(25)26)18-6-8-21(9-7-18)27-16-17-5-3-11-23(14-17)12-10-20(24)15-23;;/h6-9,14,19-20,24H,3,5,10-13,15-16H2,1H3,(H,25,26);;/q;+1;-1/t19-,20-,23-;;/m0../s1. The van der Waals surface area contributed by atoms with E-state index in [1.165, 1.54) is 12.0 Å². The molecule has 3 rings (SSSR count). The summed E-state index contributed by atoms with van der Waals surface area (Å²) < 4.78 is 5.97. The van der Waals surface area contributed by atoms with E-state index in [0.29, 0.717) is 6.61 Å². The normalized spacial score (nSPS) is 24.5. The number of carboxylic acid groups (broad SMARTS) is 1. The molecule has 0 aromatic heterocycles. The third kappa shape index (κ3) is 6.12. The van der Waals surface area contributed by atoms with Gasteiger partial charge in [0.1, 0.15) is 12.4 Å². The van der Waals surface area contributed by atoms with Crippen LogP contribution in [0.1, 0.15) is 64.8 Å². The van der Waals surface area contributed by atoms with Gasteiger partial charge in [0.2, 0.25) is 0 Å². The molecule has 0 saturated heterocycles. The topological polar surface area (TPSA) is 66.8 Å². The van der Waals surface area contributed by atoms with Crippen LogP contribution in [-0.4, -0.2) is 28.9 Å². The first kappa shape index (κ1) is 23.0. The van der Waals surface area contributed by atoms with Gasteiger partial charge in [0.05, 0.1) is 18.4 Å². The van der Waals surface area contributed by atoms with Crippen molar-refractivity contribution < 1.29 is 50.7 Å². The number of ether oxygens (including phenoxy) is 1. The van der Waals surface area contributed by atoms with Gasteiger partial charge in [-0.15, -0.1) is 5.92 Å². The van der Waals surface area contributed by atoms with Gasteiger partial charge in [0.25, 0.3) is 0 Å². The molecule has 5 heteroatoms. The molecule has 28 heavy (non-hydrogen) atoms. The number of carboxylic acids is 1. The molecule has 1 fully saturated rings. The molecular weight excluding hydrogens is 363 g/mol. The van der Waals surface area contributed by atoms with Crippen LogP contribution in [0.4, 0.5) is 0 Å². The van der Waals surface area contributed by atoms with E-state index in [0.717, 1.165) is 43.4 Å². The summed E-state index contributed by atoms with van der Waals surface area (Å²) in [6, 6.07) is 7.58. The summed E-state index contributed by atoms with van der Waals surface area (Å²) in [4.78, 5) is 11.0.